The summed E-state index contributed by atoms with van der Waals surface area (Å²) in [5.41, 5.74) is 4.05. The Morgan fingerprint density at radius 2 is 1.62 bits per heavy atom. The van der Waals surface area contributed by atoms with Crippen LogP contribution in [0.2, 0.25) is 0 Å². The van der Waals surface area contributed by atoms with E-state index in [9.17, 15) is 4.79 Å². The average molecular weight is 348 g/mol. The van der Waals surface area contributed by atoms with Gasteiger partial charge in [-0.2, -0.15) is 0 Å². The zero-order valence-corrected chi connectivity index (χ0v) is 14.9. The second-order valence-electron chi connectivity index (χ2n) is 5.97. The van der Waals surface area contributed by atoms with Gasteiger partial charge in [0.05, 0.1) is 7.11 Å². The van der Waals surface area contributed by atoms with Gasteiger partial charge in [-0.25, -0.2) is 9.97 Å². The third-order valence-electron chi connectivity index (χ3n) is 3.74. The largest absolute Gasteiger partial charge is 0.497 e. The first kappa shape index (κ1) is 17.4. The Hall–Kier alpha value is -3.41. The second-order valence-corrected chi connectivity index (χ2v) is 5.97. The summed E-state index contributed by atoms with van der Waals surface area (Å²) >= 11 is 0. The van der Waals surface area contributed by atoms with Crippen molar-refractivity contribution >= 4 is 23.1 Å². The van der Waals surface area contributed by atoms with Crippen molar-refractivity contribution in [1.82, 2.24) is 9.97 Å². The van der Waals surface area contributed by atoms with Gasteiger partial charge in [0.25, 0.3) is 5.91 Å². The topological polar surface area (TPSA) is 76.1 Å². The first-order chi connectivity index (χ1) is 12.5. The molecule has 2 N–H and O–H groups in total. The number of anilines is 3. The first-order valence-corrected chi connectivity index (χ1v) is 8.16. The van der Waals surface area contributed by atoms with E-state index in [2.05, 4.69) is 26.7 Å². The molecule has 2 aromatic carbocycles. The minimum Gasteiger partial charge on any atom is -0.497 e. The lowest BCUT2D eigenvalue weighted by atomic mass is 10.1. The molecule has 26 heavy (non-hydrogen) atoms. The van der Waals surface area contributed by atoms with Gasteiger partial charge < -0.3 is 15.4 Å². The van der Waals surface area contributed by atoms with Crippen LogP contribution in [0.4, 0.5) is 17.2 Å². The van der Waals surface area contributed by atoms with Crippen molar-refractivity contribution < 1.29 is 9.53 Å². The lowest BCUT2D eigenvalue weighted by Crippen LogP contribution is -2.14. The normalized spacial score (nSPS) is 10.3. The van der Waals surface area contributed by atoms with Crippen molar-refractivity contribution in [3.8, 4) is 5.75 Å². The molecule has 0 bridgehead atoms. The standard InChI is InChI=1S/C20H20N4O2/c1-13-8-14(2)10-16(9-13)24-20(25)18-11-19(22-12-21-18)23-15-4-6-17(26-3)7-5-15/h4-12H,1-3H3,(H,24,25)(H,21,22,23). The number of hydrogen-bond donors (Lipinski definition) is 2. The van der Waals surface area contributed by atoms with Crippen LogP contribution in [0, 0.1) is 13.8 Å². The number of hydrogen-bond acceptors (Lipinski definition) is 5. The Labute approximate surface area is 152 Å². The maximum atomic E-state index is 12.5. The number of rotatable bonds is 5. The van der Waals surface area contributed by atoms with Gasteiger partial charge in [0.15, 0.2) is 0 Å². The summed E-state index contributed by atoms with van der Waals surface area (Å²) in [5, 5.41) is 6.02. The highest BCUT2D eigenvalue weighted by atomic mass is 16.5. The van der Waals surface area contributed by atoms with Crippen molar-refractivity contribution in [2.45, 2.75) is 13.8 Å². The summed E-state index contributed by atoms with van der Waals surface area (Å²) in [6, 6.07) is 14.9. The molecule has 0 aliphatic carbocycles. The van der Waals surface area contributed by atoms with Crippen LogP contribution < -0.4 is 15.4 Å². The number of nitrogens with one attached hydrogen (secondary N) is 2. The van der Waals surface area contributed by atoms with E-state index in [1.165, 1.54) is 6.33 Å². The van der Waals surface area contributed by atoms with Crippen LogP contribution in [0.3, 0.4) is 0 Å². The highest BCUT2D eigenvalue weighted by Gasteiger charge is 2.10. The summed E-state index contributed by atoms with van der Waals surface area (Å²) in [4.78, 5) is 20.7. The second kappa shape index (κ2) is 7.65. The van der Waals surface area contributed by atoms with Crippen LogP contribution in [0.15, 0.2) is 54.9 Å². The fourth-order valence-electron chi connectivity index (χ4n) is 2.61. The Kier molecular flexibility index (Phi) is 5.12. The minimum atomic E-state index is -0.282. The molecule has 0 saturated heterocycles. The molecular formula is C20H20N4O2. The molecule has 132 valence electrons. The first-order valence-electron chi connectivity index (χ1n) is 8.16. The van der Waals surface area contributed by atoms with E-state index >= 15 is 0 Å². The van der Waals surface area contributed by atoms with E-state index in [1.807, 2.05) is 50.2 Å². The SMILES string of the molecule is COc1ccc(Nc2cc(C(=O)Nc3cc(C)cc(C)c3)ncn2)cc1. The zero-order chi connectivity index (χ0) is 18.5. The van der Waals surface area contributed by atoms with Crippen LogP contribution in [0.1, 0.15) is 21.6 Å². The van der Waals surface area contributed by atoms with Crippen molar-refractivity contribution in [3.05, 3.63) is 71.7 Å². The maximum Gasteiger partial charge on any atom is 0.274 e. The van der Waals surface area contributed by atoms with E-state index in [0.29, 0.717) is 5.82 Å². The Morgan fingerprint density at radius 3 is 2.27 bits per heavy atom. The lowest BCUT2D eigenvalue weighted by Gasteiger charge is -2.09. The van der Waals surface area contributed by atoms with Gasteiger partial charge >= 0.3 is 0 Å². The molecule has 0 radical (unpaired) electrons. The molecule has 0 unspecified atom stereocenters. The molecule has 0 fully saturated rings. The van der Waals surface area contributed by atoms with Gasteiger partial charge in [0.1, 0.15) is 23.6 Å². The molecular weight excluding hydrogens is 328 g/mol. The van der Waals surface area contributed by atoms with Gasteiger partial charge in [0.2, 0.25) is 0 Å². The predicted molar refractivity (Wildman–Crippen MR) is 102 cm³/mol. The van der Waals surface area contributed by atoms with Gasteiger partial charge in [-0.05, 0) is 61.4 Å². The van der Waals surface area contributed by atoms with Crippen molar-refractivity contribution in [1.29, 1.82) is 0 Å². The molecule has 0 atom stereocenters. The molecule has 1 heterocycles. The minimum absolute atomic E-state index is 0.282. The Morgan fingerprint density at radius 1 is 0.923 bits per heavy atom. The summed E-state index contributed by atoms with van der Waals surface area (Å²) < 4.78 is 5.14. The van der Waals surface area contributed by atoms with Gasteiger partial charge in [-0.15, -0.1) is 0 Å². The lowest BCUT2D eigenvalue weighted by molar-refractivity contribution is 0.102. The third-order valence-corrected chi connectivity index (χ3v) is 3.74. The molecule has 0 spiro atoms. The fourth-order valence-corrected chi connectivity index (χ4v) is 2.61. The summed E-state index contributed by atoms with van der Waals surface area (Å²) in [5.74, 6) is 1.03. The van der Waals surface area contributed by atoms with E-state index in [0.717, 1.165) is 28.3 Å². The number of aromatic nitrogens is 2. The van der Waals surface area contributed by atoms with Gasteiger partial charge in [0, 0.05) is 17.4 Å². The quantitative estimate of drug-likeness (QED) is 0.726. The highest BCUT2D eigenvalue weighted by molar-refractivity contribution is 6.03. The van der Waals surface area contributed by atoms with Crippen LogP contribution in [-0.2, 0) is 0 Å². The monoisotopic (exact) mass is 348 g/mol. The smallest absolute Gasteiger partial charge is 0.274 e. The number of benzene rings is 2. The number of aryl methyl sites for hydroxylation is 2. The van der Waals surface area contributed by atoms with E-state index in [-0.39, 0.29) is 11.6 Å². The van der Waals surface area contributed by atoms with Gasteiger partial charge in [-0.3, -0.25) is 4.79 Å². The maximum absolute atomic E-state index is 12.5. The number of methoxy groups -OCH3 is 1. The Balaban J connectivity index is 1.74. The number of carbonyl (C=O) groups excluding carboxylic acids is 1. The Bertz CT molecular complexity index is 903. The number of nitrogens with zero attached hydrogens (tertiary/aromatic N) is 2. The van der Waals surface area contributed by atoms with E-state index in [4.69, 9.17) is 4.74 Å². The van der Waals surface area contributed by atoms with Gasteiger partial charge in [-0.1, -0.05) is 6.07 Å². The molecule has 1 amide bonds. The number of ether oxygens (including phenoxy) is 1. The molecule has 0 aliphatic rings. The van der Waals surface area contributed by atoms with Crippen LogP contribution in [-0.4, -0.2) is 23.0 Å². The van der Waals surface area contributed by atoms with Crippen molar-refractivity contribution in [2.24, 2.45) is 0 Å². The fraction of sp³-hybridized carbons (Fsp3) is 0.150. The summed E-state index contributed by atoms with van der Waals surface area (Å²) in [6.07, 6.45) is 1.36. The van der Waals surface area contributed by atoms with E-state index in [1.54, 1.807) is 13.2 Å². The third kappa shape index (κ3) is 4.36. The molecule has 6 nitrogen and oxygen atoms in total. The molecule has 0 saturated carbocycles. The van der Waals surface area contributed by atoms with Crippen LogP contribution in [0.5, 0.6) is 5.75 Å². The number of carbonyl (C=O) groups is 1. The number of amides is 1. The van der Waals surface area contributed by atoms with E-state index < -0.39 is 0 Å². The molecule has 1 aromatic heterocycles. The van der Waals surface area contributed by atoms with Crippen LogP contribution >= 0.6 is 0 Å². The van der Waals surface area contributed by atoms with Crippen molar-refractivity contribution in [3.63, 3.8) is 0 Å². The predicted octanol–water partition coefficient (Wildman–Crippen LogP) is 4.10. The zero-order valence-electron chi connectivity index (χ0n) is 14.9. The average Bonchev–Trinajstić information content (AvgIpc) is 2.62. The molecule has 0 aliphatic heterocycles. The molecule has 3 aromatic rings. The summed E-state index contributed by atoms with van der Waals surface area (Å²) in [7, 11) is 1.62. The summed E-state index contributed by atoms with van der Waals surface area (Å²) in [6.45, 7) is 3.98. The molecule has 3 rings (SSSR count). The van der Waals surface area contributed by atoms with Crippen molar-refractivity contribution in [2.75, 3.05) is 17.7 Å². The highest BCUT2D eigenvalue weighted by Crippen LogP contribution is 2.19. The molecule has 6 heteroatoms. The van der Waals surface area contributed by atoms with Crippen LogP contribution in [0.25, 0.3) is 0 Å².